The van der Waals surface area contributed by atoms with Crippen LogP contribution in [0.15, 0.2) is 22.7 Å². The fourth-order valence-electron chi connectivity index (χ4n) is 2.00. The highest BCUT2D eigenvalue weighted by molar-refractivity contribution is 9.10. The van der Waals surface area contributed by atoms with E-state index in [9.17, 15) is 0 Å². The number of piperazine rings is 1. The Kier molecular flexibility index (Phi) is 3.52. The highest BCUT2D eigenvalue weighted by Crippen LogP contribution is 2.28. The molecule has 1 saturated heterocycles. The number of anilines is 1. The maximum absolute atomic E-state index is 4.61. The molecule has 3 rings (SSSR count). The molecule has 1 aromatic carbocycles. The van der Waals surface area contributed by atoms with Crippen molar-refractivity contribution < 1.29 is 0 Å². The number of fused-ring (bicyclic) bond motifs is 1. The number of rotatable bonds is 2. The third-order valence-electron chi connectivity index (χ3n) is 3.11. The summed E-state index contributed by atoms with van der Waals surface area (Å²) in [5.74, 6) is 0. The van der Waals surface area contributed by atoms with E-state index < -0.39 is 0 Å². The first-order valence-corrected chi connectivity index (χ1v) is 7.58. The van der Waals surface area contributed by atoms with E-state index in [2.05, 4.69) is 61.5 Å². The summed E-state index contributed by atoms with van der Waals surface area (Å²) < 4.78 is 2.29. The number of nitrogens with zero attached hydrogens (tertiary/aromatic N) is 3. The number of nitrogens with one attached hydrogen (secondary N) is 1. The van der Waals surface area contributed by atoms with E-state index in [0.717, 1.165) is 41.3 Å². The zero-order valence-electron chi connectivity index (χ0n) is 10.2. The van der Waals surface area contributed by atoms with Gasteiger partial charge in [0, 0.05) is 30.7 Å². The first-order chi connectivity index (χ1) is 8.70. The van der Waals surface area contributed by atoms with Crippen molar-refractivity contribution in [3.05, 3.63) is 22.7 Å². The molecule has 96 valence electrons. The van der Waals surface area contributed by atoms with Crippen molar-refractivity contribution >= 4 is 42.6 Å². The second-order valence-corrected chi connectivity index (χ2v) is 6.48. The molecule has 0 unspecified atom stereocenters. The van der Waals surface area contributed by atoms with Crippen LogP contribution >= 0.6 is 27.3 Å². The van der Waals surface area contributed by atoms with Crippen LogP contribution in [0.3, 0.4) is 0 Å². The summed E-state index contributed by atoms with van der Waals surface area (Å²) in [6.07, 6.45) is 0. The van der Waals surface area contributed by atoms with Gasteiger partial charge in [-0.3, -0.25) is 5.43 Å². The van der Waals surface area contributed by atoms with Gasteiger partial charge in [-0.05, 0) is 25.2 Å². The van der Waals surface area contributed by atoms with Crippen molar-refractivity contribution in [2.24, 2.45) is 0 Å². The van der Waals surface area contributed by atoms with Crippen molar-refractivity contribution in [2.75, 3.05) is 38.7 Å². The molecule has 4 nitrogen and oxygen atoms in total. The van der Waals surface area contributed by atoms with Crippen molar-refractivity contribution in [1.82, 2.24) is 14.9 Å². The number of thiazole rings is 1. The topological polar surface area (TPSA) is 31.4 Å². The molecule has 1 N–H and O–H groups in total. The standard InChI is InChI=1S/C12H15BrN4S/c1-16-4-6-17(7-5-16)15-12-14-10-8-9(13)2-3-11(10)18-12/h2-3,8H,4-7H2,1H3,(H,14,15). The van der Waals surface area contributed by atoms with Gasteiger partial charge in [0.2, 0.25) is 0 Å². The fraction of sp³-hybridized carbons (Fsp3) is 0.417. The molecule has 6 heteroatoms. The normalized spacial score (nSPS) is 18.3. The Hall–Kier alpha value is -0.690. The monoisotopic (exact) mass is 326 g/mol. The van der Waals surface area contributed by atoms with Gasteiger partial charge in [-0.2, -0.15) is 0 Å². The van der Waals surface area contributed by atoms with Crippen LogP contribution in [0.4, 0.5) is 5.13 Å². The molecule has 1 aliphatic heterocycles. The van der Waals surface area contributed by atoms with Gasteiger partial charge in [0.05, 0.1) is 10.2 Å². The number of hydrogen-bond donors (Lipinski definition) is 1. The summed E-state index contributed by atoms with van der Waals surface area (Å²) in [5.41, 5.74) is 4.46. The fourth-order valence-corrected chi connectivity index (χ4v) is 3.22. The van der Waals surface area contributed by atoms with Gasteiger partial charge in [0.15, 0.2) is 5.13 Å². The van der Waals surface area contributed by atoms with E-state index in [-0.39, 0.29) is 0 Å². The Morgan fingerprint density at radius 3 is 2.83 bits per heavy atom. The average molecular weight is 327 g/mol. The molecule has 0 amide bonds. The van der Waals surface area contributed by atoms with Crippen LogP contribution < -0.4 is 5.43 Å². The lowest BCUT2D eigenvalue weighted by atomic mass is 10.3. The van der Waals surface area contributed by atoms with Crippen molar-refractivity contribution in [1.29, 1.82) is 0 Å². The molecule has 2 aromatic rings. The molecule has 1 fully saturated rings. The molecule has 0 spiro atoms. The Bertz CT molecular complexity index is 548. The van der Waals surface area contributed by atoms with Gasteiger partial charge in [-0.15, -0.1) is 0 Å². The molecule has 0 aliphatic carbocycles. The largest absolute Gasteiger partial charge is 0.304 e. The Balaban J connectivity index is 1.74. The lowest BCUT2D eigenvalue weighted by Gasteiger charge is -2.32. The summed E-state index contributed by atoms with van der Waals surface area (Å²) in [7, 11) is 2.16. The SMILES string of the molecule is CN1CCN(Nc2nc3cc(Br)ccc3s2)CC1. The highest BCUT2D eigenvalue weighted by Gasteiger charge is 2.14. The van der Waals surface area contributed by atoms with Crippen LogP contribution in [-0.4, -0.2) is 48.1 Å². The van der Waals surface area contributed by atoms with E-state index in [1.165, 1.54) is 4.70 Å². The molecular weight excluding hydrogens is 312 g/mol. The molecule has 0 radical (unpaired) electrons. The molecule has 0 bridgehead atoms. The van der Waals surface area contributed by atoms with E-state index in [1.807, 2.05) is 0 Å². The Labute approximate surface area is 119 Å². The smallest absolute Gasteiger partial charge is 0.198 e. The molecule has 18 heavy (non-hydrogen) atoms. The molecule has 2 heterocycles. The minimum absolute atomic E-state index is 0.979. The van der Waals surface area contributed by atoms with Crippen LogP contribution in [0.25, 0.3) is 10.2 Å². The third kappa shape index (κ3) is 2.66. The zero-order chi connectivity index (χ0) is 12.5. The van der Waals surface area contributed by atoms with E-state index in [4.69, 9.17) is 0 Å². The number of hydrazine groups is 1. The van der Waals surface area contributed by atoms with Crippen molar-refractivity contribution in [3.8, 4) is 0 Å². The van der Waals surface area contributed by atoms with Crippen LogP contribution in [0.5, 0.6) is 0 Å². The van der Waals surface area contributed by atoms with E-state index in [0.29, 0.717) is 0 Å². The van der Waals surface area contributed by atoms with E-state index >= 15 is 0 Å². The first kappa shape index (κ1) is 12.3. The van der Waals surface area contributed by atoms with Crippen LogP contribution in [-0.2, 0) is 0 Å². The summed E-state index contributed by atoms with van der Waals surface area (Å²) in [4.78, 5) is 6.95. The number of likely N-dealkylation sites (N-methyl/N-ethyl adjacent to an activating group) is 1. The van der Waals surface area contributed by atoms with Crippen LogP contribution in [0.1, 0.15) is 0 Å². The second-order valence-electron chi connectivity index (χ2n) is 4.53. The lowest BCUT2D eigenvalue weighted by molar-refractivity contribution is 0.179. The van der Waals surface area contributed by atoms with Crippen LogP contribution in [0.2, 0.25) is 0 Å². The van der Waals surface area contributed by atoms with Gasteiger partial charge in [0.1, 0.15) is 0 Å². The van der Waals surface area contributed by atoms with Gasteiger partial charge >= 0.3 is 0 Å². The van der Waals surface area contributed by atoms with E-state index in [1.54, 1.807) is 11.3 Å². The zero-order valence-corrected chi connectivity index (χ0v) is 12.6. The highest BCUT2D eigenvalue weighted by atomic mass is 79.9. The second kappa shape index (κ2) is 5.13. The predicted molar refractivity (Wildman–Crippen MR) is 80.0 cm³/mol. The summed E-state index contributed by atoms with van der Waals surface area (Å²) in [6.45, 7) is 4.28. The number of hydrogen-bond acceptors (Lipinski definition) is 5. The predicted octanol–water partition coefficient (Wildman–Crippen LogP) is 2.63. The molecule has 1 aliphatic rings. The van der Waals surface area contributed by atoms with Gasteiger partial charge < -0.3 is 4.90 Å². The van der Waals surface area contributed by atoms with Crippen molar-refractivity contribution in [3.63, 3.8) is 0 Å². The first-order valence-electron chi connectivity index (χ1n) is 5.97. The van der Waals surface area contributed by atoms with Gasteiger partial charge in [-0.25, -0.2) is 9.99 Å². The van der Waals surface area contributed by atoms with Crippen molar-refractivity contribution in [2.45, 2.75) is 0 Å². The van der Waals surface area contributed by atoms with Crippen LogP contribution in [0, 0.1) is 0 Å². The maximum Gasteiger partial charge on any atom is 0.198 e. The summed E-state index contributed by atoms with van der Waals surface area (Å²) in [5, 5.41) is 3.22. The quantitative estimate of drug-likeness (QED) is 0.919. The lowest BCUT2D eigenvalue weighted by Crippen LogP contribution is -2.46. The Morgan fingerprint density at radius 2 is 2.06 bits per heavy atom. The minimum atomic E-state index is 0.979. The summed E-state index contributed by atoms with van der Waals surface area (Å²) in [6, 6.07) is 6.22. The molecular formula is C12H15BrN4S. The Morgan fingerprint density at radius 1 is 1.28 bits per heavy atom. The van der Waals surface area contributed by atoms with Gasteiger partial charge in [0.25, 0.3) is 0 Å². The third-order valence-corrected chi connectivity index (χ3v) is 4.54. The molecule has 0 saturated carbocycles. The maximum atomic E-state index is 4.61. The molecule has 0 atom stereocenters. The number of aromatic nitrogens is 1. The average Bonchev–Trinajstić information content (AvgIpc) is 2.73. The molecule has 1 aromatic heterocycles. The number of halogens is 1. The van der Waals surface area contributed by atoms with Gasteiger partial charge in [-0.1, -0.05) is 27.3 Å². The minimum Gasteiger partial charge on any atom is -0.304 e. The summed E-state index contributed by atoms with van der Waals surface area (Å²) >= 11 is 5.18. The number of benzene rings is 1.